The third kappa shape index (κ3) is 4.17. The predicted molar refractivity (Wildman–Crippen MR) is 106 cm³/mol. The van der Waals surface area contributed by atoms with E-state index in [4.69, 9.17) is 21.7 Å². The van der Waals surface area contributed by atoms with Crippen molar-refractivity contribution in [2.45, 2.75) is 13.8 Å². The number of hydrogen-bond acceptors (Lipinski definition) is 6. The van der Waals surface area contributed by atoms with Gasteiger partial charge in [0.25, 0.3) is 0 Å². The summed E-state index contributed by atoms with van der Waals surface area (Å²) < 4.78 is 12.7. The molecule has 3 rings (SSSR count). The third-order valence-corrected chi connectivity index (χ3v) is 3.98. The number of aromatic amines is 1. The Morgan fingerprint density at radius 2 is 1.89 bits per heavy atom. The Labute approximate surface area is 161 Å². The fourth-order valence-electron chi connectivity index (χ4n) is 2.49. The lowest BCUT2D eigenvalue weighted by atomic mass is 10.2. The molecule has 0 spiro atoms. The molecule has 2 N–H and O–H groups in total. The van der Waals surface area contributed by atoms with Gasteiger partial charge in [0.05, 0.1) is 19.4 Å². The maximum atomic E-state index is 10.3. The number of benzene rings is 2. The van der Waals surface area contributed by atoms with Crippen LogP contribution < -0.4 is 9.47 Å². The van der Waals surface area contributed by atoms with E-state index in [2.05, 4.69) is 15.3 Å². The predicted octanol–water partition coefficient (Wildman–Crippen LogP) is 3.99. The van der Waals surface area contributed by atoms with Gasteiger partial charge in [0.2, 0.25) is 4.77 Å². The molecule has 0 saturated heterocycles. The minimum absolute atomic E-state index is 0.0285. The molecule has 140 valence electrons. The van der Waals surface area contributed by atoms with Gasteiger partial charge in [-0.15, -0.1) is 0 Å². The highest BCUT2D eigenvalue weighted by molar-refractivity contribution is 7.71. The van der Waals surface area contributed by atoms with E-state index in [1.54, 1.807) is 18.2 Å². The van der Waals surface area contributed by atoms with Crippen LogP contribution >= 0.6 is 12.2 Å². The second kappa shape index (κ2) is 8.50. The number of hydrogen-bond donors (Lipinski definition) is 2. The fraction of sp³-hybridized carbons (Fsp3) is 0.211. The zero-order chi connectivity index (χ0) is 19.2. The van der Waals surface area contributed by atoms with Crippen molar-refractivity contribution >= 4 is 18.4 Å². The summed E-state index contributed by atoms with van der Waals surface area (Å²) in [6.07, 6.45) is 1.52. The molecule has 0 aliphatic heterocycles. The van der Waals surface area contributed by atoms with Crippen LogP contribution in [0, 0.1) is 4.77 Å². The normalized spacial score (nSPS) is 11.0. The molecule has 0 aliphatic rings. The molecule has 3 aromatic rings. The zero-order valence-corrected chi connectivity index (χ0v) is 15.9. The van der Waals surface area contributed by atoms with Gasteiger partial charge in [-0.05, 0) is 62.5 Å². The SMILES string of the molecule is CCOc1ccc(-c2n[nH]c(=S)n2N=Cc2cccc(OCC)c2O)cc1. The van der Waals surface area contributed by atoms with Crippen LogP contribution in [0.4, 0.5) is 0 Å². The fourth-order valence-corrected chi connectivity index (χ4v) is 2.67. The summed E-state index contributed by atoms with van der Waals surface area (Å²) in [6, 6.07) is 12.7. The van der Waals surface area contributed by atoms with Crippen LogP contribution in [0.25, 0.3) is 11.4 Å². The van der Waals surface area contributed by atoms with Crippen molar-refractivity contribution in [3.8, 4) is 28.6 Å². The molecule has 27 heavy (non-hydrogen) atoms. The highest BCUT2D eigenvalue weighted by Gasteiger charge is 2.10. The molecule has 0 bridgehead atoms. The number of para-hydroxylation sites is 1. The lowest BCUT2D eigenvalue weighted by Gasteiger charge is -2.07. The van der Waals surface area contributed by atoms with E-state index in [1.165, 1.54) is 10.9 Å². The molecule has 1 heterocycles. The second-order valence-electron chi connectivity index (χ2n) is 5.49. The van der Waals surface area contributed by atoms with Crippen molar-refractivity contribution in [1.29, 1.82) is 0 Å². The smallest absolute Gasteiger partial charge is 0.216 e. The molecule has 0 atom stereocenters. The Hall–Kier alpha value is -3.13. The Bertz CT molecular complexity index is 993. The number of aromatic hydroxyl groups is 1. The molecule has 0 saturated carbocycles. The molecule has 7 nitrogen and oxygen atoms in total. The van der Waals surface area contributed by atoms with E-state index in [-0.39, 0.29) is 5.75 Å². The largest absolute Gasteiger partial charge is 0.504 e. The highest BCUT2D eigenvalue weighted by Crippen LogP contribution is 2.28. The second-order valence-corrected chi connectivity index (χ2v) is 5.88. The van der Waals surface area contributed by atoms with Gasteiger partial charge in [0.15, 0.2) is 17.3 Å². The van der Waals surface area contributed by atoms with E-state index in [1.807, 2.05) is 38.1 Å². The molecule has 0 unspecified atom stereocenters. The number of nitrogens with zero attached hydrogens (tertiary/aromatic N) is 3. The zero-order valence-electron chi connectivity index (χ0n) is 15.0. The van der Waals surface area contributed by atoms with E-state index in [0.29, 0.717) is 35.1 Å². The summed E-state index contributed by atoms with van der Waals surface area (Å²) >= 11 is 5.28. The average molecular weight is 384 g/mol. The van der Waals surface area contributed by atoms with Crippen molar-refractivity contribution in [3.05, 3.63) is 52.8 Å². The van der Waals surface area contributed by atoms with Crippen LogP contribution in [0.2, 0.25) is 0 Å². The summed E-state index contributed by atoms with van der Waals surface area (Å²) in [4.78, 5) is 0. The molecule has 0 fully saturated rings. The van der Waals surface area contributed by atoms with Crippen molar-refractivity contribution in [2.75, 3.05) is 13.2 Å². The first-order chi connectivity index (χ1) is 13.1. The molecule has 8 heteroatoms. The standard InChI is InChI=1S/C19H20N4O3S/c1-3-25-15-10-8-13(9-11-15)18-21-22-19(27)23(18)20-12-14-6-5-7-16(17(14)24)26-4-2/h5-12,24H,3-4H2,1-2H3,(H,22,27). The molecule has 0 aliphatic carbocycles. The van der Waals surface area contributed by atoms with Crippen LogP contribution in [0.15, 0.2) is 47.6 Å². The van der Waals surface area contributed by atoms with Crippen LogP contribution in [-0.4, -0.2) is 39.4 Å². The van der Waals surface area contributed by atoms with E-state index < -0.39 is 0 Å². The van der Waals surface area contributed by atoms with Gasteiger partial charge in [0, 0.05) is 11.1 Å². The van der Waals surface area contributed by atoms with Crippen LogP contribution in [0.1, 0.15) is 19.4 Å². The summed E-state index contributed by atoms with van der Waals surface area (Å²) in [5, 5.41) is 21.7. The van der Waals surface area contributed by atoms with Gasteiger partial charge in [-0.3, -0.25) is 0 Å². The van der Waals surface area contributed by atoms with Crippen LogP contribution in [0.3, 0.4) is 0 Å². The number of phenols is 1. The van der Waals surface area contributed by atoms with Gasteiger partial charge in [-0.25, -0.2) is 5.10 Å². The maximum Gasteiger partial charge on any atom is 0.216 e. The van der Waals surface area contributed by atoms with Crippen molar-refractivity contribution in [2.24, 2.45) is 5.10 Å². The Morgan fingerprint density at radius 1 is 1.15 bits per heavy atom. The molecular formula is C19H20N4O3S. The molecule has 0 radical (unpaired) electrons. The summed E-state index contributed by atoms with van der Waals surface area (Å²) in [6.45, 7) is 4.85. The summed E-state index contributed by atoms with van der Waals surface area (Å²) in [5.74, 6) is 1.77. The molecule has 1 aromatic heterocycles. The van der Waals surface area contributed by atoms with Gasteiger partial charge in [-0.2, -0.15) is 14.9 Å². The number of H-pyrrole nitrogens is 1. The van der Waals surface area contributed by atoms with E-state index >= 15 is 0 Å². The number of aromatic nitrogens is 3. The molecule has 0 amide bonds. The quantitative estimate of drug-likeness (QED) is 0.475. The van der Waals surface area contributed by atoms with Gasteiger partial charge < -0.3 is 14.6 Å². The monoisotopic (exact) mass is 384 g/mol. The number of ether oxygens (including phenoxy) is 2. The van der Waals surface area contributed by atoms with Crippen LogP contribution in [-0.2, 0) is 0 Å². The summed E-state index contributed by atoms with van der Waals surface area (Å²) in [7, 11) is 0. The lowest BCUT2D eigenvalue weighted by Crippen LogP contribution is -1.97. The Morgan fingerprint density at radius 3 is 2.59 bits per heavy atom. The molecular weight excluding hydrogens is 364 g/mol. The number of phenolic OH excluding ortho intramolecular Hbond substituents is 1. The summed E-state index contributed by atoms with van der Waals surface area (Å²) in [5.41, 5.74) is 1.34. The molecule has 2 aromatic carbocycles. The highest BCUT2D eigenvalue weighted by atomic mass is 32.1. The van der Waals surface area contributed by atoms with Crippen molar-refractivity contribution in [3.63, 3.8) is 0 Å². The first-order valence-electron chi connectivity index (χ1n) is 8.53. The lowest BCUT2D eigenvalue weighted by molar-refractivity contribution is 0.318. The van der Waals surface area contributed by atoms with E-state index in [0.717, 1.165) is 11.3 Å². The average Bonchev–Trinajstić information content (AvgIpc) is 3.04. The third-order valence-electron chi connectivity index (χ3n) is 3.72. The first-order valence-corrected chi connectivity index (χ1v) is 8.94. The minimum atomic E-state index is 0.0285. The Kier molecular flexibility index (Phi) is 5.87. The van der Waals surface area contributed by atoms with E-state index in [9.17, 15) is 5.11 Å². The Balaban J connectivity index is 1.93. The van der Waals surface area contributed by atoms with Crippen LogP contribution in [0.5, 0.6) is 17.2 Å². The van der Waals surface area contributed by atoms with Gasteiger partial charge in [-0.1, -0.05) is 6.07 Å². The van der Waals surface area contributed by atoms with Gasteiger partial charge >= 0.3 is 0 Å². The topological polar surface area (TPSA) is 84.7 Å². The maximum absolute atomic E-state index is 10.3. The van der Waals surface area contributed by atoms with Gasteiger partial charge in [0.1, 0.15) is 5.75 Å². The van der Waals surface area contributed by atoms with Crippen molar-refractivity contribution in [1.82, 2.24) is 14.9 Å². The first kappa shape index (κ1) is 18.7. The minimum Gasteiger partial charge on any atom is -0.504 e. The number of nitrogens with one attached hydrogen (secondary N) is 1. The number of rotatable bonds is 7. The van der Waals surface area contributed by atoms with Crippen molar-refractivity contribution < 1.29 is 14.6 Å².